The van der Waals surface area contributed by atoms with E-state index in [9.17, 15) is 13.2 Å². The second-order valence-corrected chi connectivity index (χ2v) is 8.65. The molecule has 0 bridgehead atoms. The molecule has 0 aromatic carbocycles. The second kappa shape index (κ2) is 9.87. The Balaban J connectivity index is 1.75. The Morgan fingerprint density at radius 2 is 2.12 bits per heavy atom. The SMILES string of the molecule is CCCCS(=O)(=O)N[C@@H]1CCC[C@H](NC(=O)CCc2cccnc2)C1. The normalized spacial score (nSPS) is 21.0. The zero-order valence-corrected chi connectivity index (χ0v) is 15.7. The molecule has 0 radical (unpaired) electrons. The highest BCUT2D eigenvalue weighted by Gasteiger charge is 2.26. The topological polar surface area (TPSA) is 88.2 Å². The van der Waals surface area contributed by atoms with Gasteiger partial charge in [-0.3, -0.25) is 9.78 Å². The average molecular weight is 368 g/mol. The standard InChI is InChI=1S/C18H29N3O3S/c1-2-3-12-25(23,24)21-17-8-4-7-16(13-17)20-18(22)10-9-15-6-5-11-19-14-15/h5-6,11,14,16-17,21H,2-4,7-10,12-13H2,1H3,(H,20,22)/t16-,17+/m0/s1. The Hall–Kier alpha value is -1.47. The van der Waals surface area contributed by atoms with E-state index in [4.69, 9.17) is 0 Å². The van der Waals surface area contributed by atoms with Crippen LogP contribution in [0.5, 0.6) is 0 Å². The number of aryl methyl sites for hydroxylation is 1. The fourth-order valence-electron chi connectivity index (χ4n) is 3.18. The molecule has 0 unspecified atom stereocenters. The molecule has 1 aromatic heterocycles. The number of aromatic nitrogens is 1. The van der Waals surface area contributed by atoms with Crippen molar-refractivity contribution < 1.29 is 13.2 Å². The third kappa shape index (κ3) is 7.52. The lowest BCUT2D eigenvalue weighted by Gasteiger charge is -2.30. The fourth-order valence-corrected chi connectivity index (χ4v) is 4.69. The number of sulfonamides is 1. The Bertz CT molecular complexity index is 634. The summed E-state index contributed by atoms with van der Waals surface area (Å²) in [5.41, 5.74) is 1.04. The Kier molecular flexibility index (Phi) is 7.84. The maximum absolute atomic E-state index is 12.1. The van der Waals surface area contributed by atoms with E-state index in [2.05, 4.69) is 15.0 Å². The molecule has 2 rings (SSSR count). The van der Waals surface area contributed by atoms with E-state index in [1.165, 1.54) is 0 Å². The van der Waals surface area contributed by atoms with Gasteiger partial charge < -0.3 is 5.32 Å². The van der Waals surface area contributed by atoms with Crippen LogP contribution in [0, 0.1) is 0 Å². The summed E-state index contributed by atoms with van der Waals surface area (Å²) in [7, 11) is -3.21. The van der Waals surface area contributed by atoms with Crippen LogP contribution in [0.3, 0.4) is 0 Å². The van der Waals surface area contributed by atoms with Gasteiger partial charge in [0.2, 0.25) is 15.9 Å². The molecule has 1 heterocycles. The second-order valence-electron chi connectivity index (χ2n) is 6.78. The zero-order chi connectivity index (χ0) is 18.1. The highest BCUT2D eigenvalue weighted by Crippen LogP contribution is 2.19. The van der Waals surface area contributed by atoms with Crippen molar-refractivity contribution in [3.05, 3.63) is 30.1 Å². The number of amides is 1. The lowest BCUT2D eigenvalue weighted by molar-refractivity contribution is -0.122. The number of pyridine rings is 1. The van der Waals surface area contributed by atoms with Gasteiger partial charge in [-0.2, -0.15) is 0 Å². The number of unbranched alkanes of at least 4 members (excludes halogenated alkanes) is 1. The van der Waals surface area contributed by atoms with Crippen LogP contribution >= 0.6 is 0 Å². The predicted molar refractivity (Wildman–Crippen MR) is 98.6 cm³/mol. The first kappa shape index (κ1) is 19.8. The maximum Gasteiger partial charge on any atom is 0.220 e. The lowest BCUT2D eigenvalue weighted by Crippen LogP contribution is -2.46. The number of nitrogens with zero attached hydrogens (tertiary/aromatic N) is 1. The van der Waals surface area contributed by atoms with E-state index in [0.717, 1.165) is 31.2 Å². The number of hydrogen-bond acceptors (Lipinski definition) is 4. The quantitative estimate of drug-likeness (QED) is 0.700. The molecular formula is C18H29N3O3S. The maximum atomic E-state index is 12.1. The predicted octanol–water partition coefficient (Wildman–Crippen LogP) is 2.16. The third-order valence-corrected chi connectivity index (χ3v) is 6.03. The van der Waals surface area contributed by atoms with Crippen LogP contribution in [0.25, 0.3) is 0 Å². The Morgan fingerprint density at radius 3 is 2.84 bits per heavy atom. The van der Waals surface area contributed by atoms with Crippen molar-refractivity contribution in [2.75, 3.05) is 5.75 Å². The summed E-state index contributed by atoms with van der Waals surface area (Å²) in [6.07, 6.45) is 9.46. The molecule has 1 aliphatic rings. The van der Waals surface area contributed by atoms with Gasteiger partial charge >= 0.3 is 0 Å². The molecule has 1 fully saturated rings. The van der Waals surface area contributed by atoms with Crippen LogP contribution in [0.4, 0.5) is 0 Å². The molecule has 1 aromatic rings. The van der Waals surface area contributed by atoms with Crippen molar-refractivity contribution in [1.82, 2.24) is 15.0 Å². The molecule has 0 spiro atoms. The van der Waals surface area contributed by atoms with E-state index in [1.807, 2.05) is 19.1 Å². The monoisotopic (exact) mass is 367 g/mol. The van der Waals surface area contributed by atoms with E-state index in [1.54, 1.807) is 12.4 Å². The van der Waals surface area contributed by atoms with Crippen LogP contribution in [-0.4, -0.2) is 37.1 Å². The van der Waals surface area contributed by atoms with Gasteiger partial charge in [0.1, 0.15) is 0 Å². The van der Waals surface area contributed by atoms with Crippen molar-refractivity contribution >= 4 is 15.9 Å². The average Bonchev–Trinajstić information content (AvgIpc) is 2.59. The van der Waals surface area contributed by atoms with Gasteiger partial charge in [-0.15, -0.1) is 0 Å². The van der Waals surface area contributed by atoms with E-state index in [-0.39, 0.29) is 23.7 Å². The molecule has 7 heteroatoms. The summed E-state index contributed by atoms with van der Waals surface area (Å²) in [6.45, 7) is 1.98. The van der Waals surface area contributed by atoms with Gasteiger partial charge in [0.25, 0.3) is 0 Å². The molecule has 1 aliphatic carbocycles. The van der Waals surface area contributed by atoms with Crippen molar-refractivity contribution in [2.45, 2.75) is 70.4 Å². The zero-order valence-electron chi connectivity index (χ0n) is 14.9. The molecule has 0 saturated heterocycles. The molecule has 1 amide bonds. The van der Waals surface area contributed by atoms with Crippen LogP contribution in [0.2, 0.25) is 0 Å². The van der Waals surface area contributed by atoms with E-state index < -0.39 is 10.0 Å². The minimum atomic E-state index is -3.21. The first-order valence-corrected chi connectivity index (χ1v) is 10.8. The summed E-state index contributed by atoms with van der Waals surface area (Å²) in [5.74, 6) is 0.200. The smallest absolute Gasteiger partial charge is 0.220 e. The lowest BCUT2D eigenvalue weighted by atomic mass is 9.91. The van der Waals surface area contributed by atoms with Crippen LogP contribution in [-0.2, 0) is 21.2 Å². The number of rotatable bonds is 9. The highest BCUT2D eigenvalue weighted by atomic mass is 32.2. The molecule has 140 valence electrons. The highest BCUT2D eigenvalue weighted by molar-refractivity contribution is 7.89. The number of carbonyl (C=O) groups excluding carboxylic acids is 1. The molecule has 0 aliphatic heterocycles. The van der Waals surface area contributed by atoms with Crippen LogP contribution in [0.15, 0.2) is 24.5 Å². The van der Waals surface area contributed by atoms with Crippen molar-refractivity contribution in [2.24, 2.45) is 0 Å². The minimum absolute atomic E-state index is 0.0170. The summed E-state index contributed by atoms with van der Waals surface area (Å²) in [5, 5.41) is 3.05. The van der Waals surface area contributed by atoms with Crippen LogP contribution in [0.1, 0.15) is 57.4 Å². The van der Waals surface area contributed by atoms with Gasteiger partial charge in [-0.05, 0) is 50.2 Å². The van der Waals surface area contributed by atoms with Gasteiger partial charge in [-0.1, -0.05) is 19.4 Å². The van der Waals surface area contributed by atoms with Gasteiger partial charge in [0.15, 0.2) is 0 Å². The summed E-state index contributed by atoms with van der Waals surface area (Å²) < 4.78 is 26.9. The molecule has 25 heavy (non-hydrogen) atoms. The first-order valence-electron chi connectivity index (χ1n) is 9.17. The van der Waals surface area contributed by atoms with Crippen LogP contribution < -0.4 is 10.0 Å². The van der Waals surface area contributed by atoms with Gasteiger partial charge in [0, 0.05) is 30.9 Å². The van der Waals surface area contributed by atoms with Crippen molar-refractivity contribution in [3.8, 4) is 0 Å². The first-order chi connectivity index (χ1) is 12.0. The number of hydrogen-bond donors (Lipinski definition) is 2. The molecule has 6 nitrogen and oxygen atoms in total. The largest absolute Gasteiger partial charge is 0.353 e. The van der Waals surface area contributed by atoms with Gasteiger partial charge in [-0.25, -0.2) is 13.1 Å². The molecular weight excluding hydrogens is 338 g/mol. The number of nitrogens with one attached hydrogen (secondary N) is 2. The minimum Gasteiger partial charge on any atom is -0.353 e. The van der Waals surface area contributed by atoms with Crippen molar-refractivity contribution in [1.29, 1.82) is 0 Å². The molecule has 1 saturated carbocycles. The third-order valence-electron chi connectivity index (χ3n) is 4.52. The molecule has 2 N–H and O–H groups in total. The van der Waals surface area contributed by atoms with E-state index in [0.29, 0.717) is 25.7 Å². The summed E-state index contributed by atoms with van der Waals surface area (Å²) in [4.78, 5) is 16.2. The summed E-state index contributed by atoms with van der Waals surface area (Å²) >= 11 is 0. The number of carbonyl (C=O) groups is 1. The van der Waals surface area contributed by atoms with E-state index >= 15 is 0 Å². The fraction of sp³-hybridized carbons (Fsp3) is 0.667. The summed E-state index contributed by atoms with van der Waals surface area (Å²) in [6, 6.07) is 3.80. The molecule has 2 atom stereocenters. The van der Waals surface area contributed by atoms with Gasteiger partial charge in [0.05, 0.1) is 5.75 Å². The Morgan fingerprint density at radius 1 is 1.32 bits per heavy atom. The Labute approximate surface area is 150 Å². The van der Waals surface area contributed by atoms with Crippen molar-refractivity contribution in [3.63, 3.8) is 0 Å².